The molecule has 1 amide bonds. The summed E-state index contributed by atoms with van der Waals surface area (Å²) in [6.45, 7) is 4.60. The Labute approximate surface area is 84.5 Å². The van der Waals surface area contributed by atoms with E-state index in [-0.39, 0.29) is 11.9 Å². The fourth-order valence-electron chi connectivity index (χ4n) is 1.45. The number of nitrogens with two attached hydrogens (primary N) is 1. The van der Waals surface area contributed by atoms with Gasteiger partial charge in [-0.1, -0.05) is 18.2 Å². The van der Waals surface area contributed by atoms with E-state index in [1.54, 1.807) is 0 Å². The second kappa shape index (κ2) is 4.65. The van der Waals surface area contributed by atoms with Crippen LogP contribution in [-0.4, -0.2) is 18.5 Å². The molecule has 0 aromatic heterocycles. The highest BCUT2D eigenvalue weighted by Gasteiger charge is 2.16. The van der Waals surface area contributed by atoms with Crippen LogP contribution < -0.4 is 10.6 Å². The van der Waals surface area contributed by atoms with E-state index < -0.39 is 0 Å². The van der Waals surface area contributed by atoms with Crippen LogP contribution in [0.3, 0.4) is 0 Å². The third-order valence-corrected chi connectivity index (χ3v) is 2.31. The van der Waals surface area contributed by atoms with Gasteiger partial charge in [-0.3, -0.25) is 4.79 Å². The number of hydrogen-bond donors (Lipinski definition) is 1. The highest BCUT2D eigenvalue weighted by Crippen LogP contribution is 2.15. The summed E-state index contributed by atoms with van der Waals surface area (Å²) < 4.78 is 0. The predicted molar refractivity (Wildman–Crippen MR) is 58.1 cm³/mol. The number of rotatable bonds is 4. The van der Waals surface area contributed by atoms with Gasteiger partial charge in [-0.15, -0.1) is 0 Å². The maximum absolute atomic E-state index is 11.1. The maximum atomic E-state index is 11.1. The molecule has 1 unspecified atom stereocenters. The number of amides is 1. The molecule has 0 spiro atoms. The first-order valence-corrected chi connectivity index (χ1v) is 4.77. The number of hydrogen-bond acceptors (Lipinski definition) is 2. The number of primary amides is 1. The van der Waals surface area contributed by atoms with Crippen molar-refractivity contribution in [3.63, 3.8) is 0 Å². The van der Waals surface area contributed by atoms with Crippen molar-refractivity contribution in [2.45, 2.75) is 19.9 Å². The van der Waals surface area contributed by atoms with Gasteiger partial charge in [0.1, 0.15) is 6.04 Å². The highest BCUT2D eigenvalue weighted by molar-refractivity contribution is 5.83. The summed E-state index contributed by atoms with van der Waals surface area (Å²) >= 11 is 0. The van der Waals surface area contributed by atoms with E-state index in [0.29, 0.717) is 0 Å². The van der Waals surface area contributed by atoms with E-state index in [4.69, 9.17) is 5.73 Å². The molecule has 0 radical (unpaired) electrons. The number of nitrogens with zero attached hydrogens (tertiary/aromatic N) is 1. The maximum Gasteiger partial charge on any atom is 0.239 e. The van der Waals surface area contributed by atoms with E-state index in [0.717, 1.165) is 12.2 Å². The summed E-state index contributed by atoms with van der Waals surface area (Å²) in [6, 6.07) is 9.54. The molecule has 1 atom stereocenters. The SMILES string of the molecule is CCN(c1ccccc1)C(C)C(N)=O. The first-order valence-electron chi connectivity index (χ1n) is 4.77. The van der Waals surface area contributed by atoms with Gasteiger partial charge in [-0.2, -0.15) is 0 Å². The quantitative estimate of drug-likeness (QED) is 0.783. The summed E-state index contributed by atoms with van der Waals surface area (Å²) in [5.74, 6) is -0.296. The van der Waals surface area contributed by atoms with Crippen LogP contribution in [0.4, 0.5) is 5.69 Å². The monoisotopic (exact) mass is 192 g/mol. The van der Waals surface area contributed by atoms with Gasteiger partial charge < -0.3 is 10.6 Å². The normalized spacial score (nSPS) is 12.1. The Bertz CT molecular complexity index is 297. The van der Waals surface area contributed by atoms with Gasteiger partial charge in [0.15, 0.2) is 0 Å². The molecule has 1 aromatic carbocycles. The number of para-hydroxylation sites is 1. The molecule has 3 nitrogen and oxygen atoms in total. The molecule has 1 rings (SSSR count). The van der Waals surface area contributed by atoms with Gasteiger partial charge in [0.25, 0.3) is 0 Å². The van der Waals surface area contributed by atoms with E-state index in [9.17, 15) is 4.79 Å². The minimum absolute atomic E-state index is 0.262. The van der Waals surface area contributed by atoms with Crippen molar-refractivity contribution < 1.29 is 4.79 Å². The molecule has 0 saturated heterocycles. The lowest BCUT2D eigenvalue weighted by molar-refractivity contribution is -0.118. The number of benzene rings is 1. The molecule has 2 N–H and O–H groups in total. The van der Waals surface area contributed by atoms with Gasteiger partial charge in [0.2, 0.25) is 5.91 Å². The van der Waals surface area contributed by atoms with Crippen LogP contribution in [0.5, 0.6) is 0 Å². The topological polar surface area (TPSA) is 46.3 Å². The molecule has 0 aliphatic rings. The number of likely N-dealkylation sites (N-methyl/N-ethyl adjacent to an activating group) is 1. The van der Waals surface area contributed by atoms with E-state index >= 15 is 0 Å². The zero-order valence-electron chi connectivity index (χ0n) is 8.60. The average molecular weight is 192 g/mol. The van der Waals surface area contributed by atoms with Gasteiger partial charge >= 0.3 is 0 Å². The Hall–Kier alpha value is -1.51. The molecule has 3 heteroatoms. The van der Waals surface area contributed by atoms with Crippen molar-refractivity contribution in [2.24, 2.45) is 5.73 Å². The zero-order valence-corrected chi connectivity index (χ0v) is 8.60. The first kappa shape index (κ1) is 10.6. The smallest absolute Gasteiger partial charge is 0.239 e. The Kier molecular flexibility index (Phi) is 3.51. The van der Waals surface area contributed by atoms with E-state index in [2.05, 4.69) is 0 Å². The Balaban J connectivity index is 2.87. The van der Waals surface area contributed by atoms with Crippen molar-refractivity contribution in [1.82, 2.24) is 0 Å². The van der Waals surface area contributed by atoms with Crippen molar-refractivity contribution in [1.29, 1.82) is 0 Å². The number of anilines is 1. The van der Waals surface area contributed by atoms with Crippen LogP contribution in [0.15, 0.2) is 30.3 Å². The zero-order chi connectivity index (χ0) is 10.6. The van der Waals surface area contributed by atoms with Gasteiger partial charge in [-0.05, 0) is 26.0 Å². The fourth-order valence-corrected chi connectivity index (χ4v) is 1.45. The Morgan fingerprint density at radius 1 is 1.43 bits per heavy atom. The summed E-state index contributed by atoms with van der Waals surface area (Å²) in [7, 11) is 0. The highest BCUT2D eigenvalue weighted by atomic mass is 16.1. The lowest BCUT2D eigenvalue weighted by Crippen LogP contribution is -2.42. The second-order valence-corrected chi connectivity index (χ2v) is 3.20. The van der Waals surface area contributed by atoms with E-state index in [1.807, 2.05) is 49.1 Å². The van der Waals surface area contributed by atoms with Crippen LogP contribution >= 0.6 is 0 Å². The summed E-state index contributed by atoms with van der Waals surface area (Å²) in [5.41, 5.74) is 6.30. The van der Waals surface area contributed by atoms with E-state index in [1.165, 1.54) is 0 Å². The molecule has 0 fully saturated rings. The fraction of sp³-hybridized carbons (Fsp3) is 0.364. The lowest BCUT2D eigenvalue weighted by atomic mass is 10.2. The third kappa shape index (κ3) is 2.25. The molecule has 14 heavy (non-hydrogen) atoms. The molecular weight excluding hydrogens is 176 g/mol. The first-order chi connectivity index (χ1) is 6.66. The van der Waals surface area contributed by atoms with Crippen LogP contribution in [0.1, 0.15) is 13.8 Å². The van der Waals surface area contributed by atoms with Crippen LogP contribution in [0, 0.1) is 0 Å². The average Bonchev–Trinajstić information content (AvgIpc) is 2.20. The van der Waals surface area contributed by atoms with Crippen molar-refractivity contribution in [2.75, 3.05) is 11.4 Å². The summed E-state index contributed by atoms with van der Waals surface area (Å²) in [6.07, 6.45) is 0. The number of carbonyl (C=O) groups excluding carboxylic acids is 1. The molecule has 0 bridgehead atoms. The lowest BCUT2D eigenvalue weighted by Gasteiger charge is -2.27. The largest absolute Gasteiger partial charge is 0.368 e. The van der Waals surface area contributed by atoms with Gasteiger partial charge in [0.05, 0.1) is 0 Å². The molecule has 0 aliphatic carbocycles. The van der Waals surface area contributed by atoms with Gasteiger partial charge in [0, 0.05) is 12.2 Å². The van der Waals surface area contributed by atoms with Crippen molar-refractivity contribution in [3.8, 4) is 0 Å². The third-order valence-electron chi connectivity index (χ3n) is 2.31. The molecule has 76 valence electrons. The van der Waals surface area contributed by atoms with Crippen molar-refractivity contribution >= 4 is 11.6 Å². The Morgan fingerprint density at radius 2 is 2.00 bits per heavy atom. The van der Waals surface area contributed by atoms with Crippen LogP contribution in [0.25, 0.3) is 0 Å². The summed E-state index contributed by atoms with van der Waals surface area (Å²) in [4.78, 5) is 13.0. The second-order valence-electron chi connectivity index (χ2n) is 3.20. The minimum atomic E-state index is -0.296. The predicted octanol–water partition coefficient (Wildman–Crippen LogP) is 1.39. The Morgan fingerprint density at radius 3 is 2.43 bits per heavy atom. The molecule has 0 heterocycles. The molecular formula is C11H16N2O. The standard InChI is InChI=1S/C11H16N2O/c1-3-13(9(2)11(12)14)10-7-5-4-6-8-10/h4-9H,3H2,1-2H3,(H2,12,14). The molecule has 1 aromatic rings. The van der Waals surface area contributed by atoms with Gasteiger partial charge in [-0.25, -0.2) is 0 Å². The van der Waals surface area contributed by atoms with Crippen molar-refractivity contribution in [3.05, 3.63) is 30.3 Å². The van der Waals surface area contributed by atoms with Crippen LogP contribution in [0.2, 0.25) is 0 Å². The number of carbonyl (C=O) groups is 1. The molecule has 0 aliphatic heterocycles. The van der Waals surface area contributed by atoms with Crippen LogP contribution in [-0.2, 0) is 4.79 Å². The summed E-state index contributed by atoms with van der Waals surface area (Å²) in [5, 5.41) is 0. The molecule has 0 saturated carbocycles. The minimum Gasteiger partial charge on any atom is -0.368 e.